The van der Waals surface area contributed by atoms with Crippen LogP contribution in [0.1, 0.15) is 51.0 Å². The molecule has 6 heteroatoms. The highest BCUT2D eigenvalue weighted by Gasteiger charge is 2.18. The molecule has 0 saturated heterocycles. The highest BCUT2D eigenvalue weighted by molar-refractivity contribution is 6.85. The Balaban J connectivity index is 2.80. The number of hydrogen-bond donors (Lipinski definition) is 0. The third-order valence-electron chi connectivity index (χ3n) is 4.46. The molecule has 4 nitrogen and oxygen atoms in total. The second-order valence-corrected chi connectivity index (χ2v) is 12.5. The Kier molecular flexibility index (Phi) is 11.6. The van der Waals surface area contributed by atoms with Gasteiger partial charge in [0.05, 0.1) is 19.2 Å². The van der Waals surface area contributed by atoms with E-state index in [0.29, 0.717) is 10.8 Å². The molecule has 0 radical (unpaired) electrons. The Labute approximate surface area is 181 Å². The Bertz CT molecular complexity index is 747. The molecule has 160 valence electrons. The fourth-order valence-corrected chi connectivity index (χ4v) is 4.65. The van der Waals surface area contributed by atoms with Crippen molar-refractivity contribution in [2.75, 3.05) is 14.2 Å². The van der Waals surface area contributed by atoms with Crippen molar-refractivity contribution in [3.05, 3.63) is 40.8 Å². The van der Waals surface area contributed by atoms with Crippen LogP contribution in [-0.4, -0.2) is 28.3 Å². The van der Waals surface area contributed by atoms with Crippen LogP contribution in [0.15, 0.2) is 30.2 Å². The number of halogens is 1. The van der Waals surface area contributed by atoms with Crippen LogP contribution in [0.25, 0.3) is 0 Å². The molecule has 29 heavy (non-hydrogen) atoms. The topological polar surface area (TPSA) is 44.8 Å². The summed E-state index contributed by atoms with van der Waals surface area (Å²) >= 11 is 6.21. The molecule has 1 aromatic carbocycles. The van der Waals surface area contributed by atoms with Crippen molar-refractivity contribution >= 4 is 25.6 Å². The number of carbonyl (C=O) groups is 1. The van der Waals surface area contributed by atoms with Crippen LogP contribution in [0, 0.1) is 11.5 Å². The maximum Gasteiger partial charge on any atom is 0.377 e. The van der Waals surface area contributed by atoms with E-state index in [4.69, 9.17) is 25.8 Å². The summed E-state index contributed by atoms with van der Waals surface area (Å²) < 4.78 is 15.2. The van der Waals surface area contributed by atoms with Gasteiger partial charge in [-0.25, -0.2) is 4.79 Å². The summed E-state index contributed by atoms with van der Waals surface area (Å²) in [4.78, 5) is 11.8. The van der Waals surface area contributed by atoms with Gasteiger partial charge in [0.15, 0.2) is 0 Å². The number of methoxy groups -OCH3 is 2. The third kappa shape index (κ3) is 9.91. The molecule has 0 spiro atoms. The molecule has 0 atom stereocenters. The Morgan fingerprint density at radius 1 is 1.14 bits per heavy atom. The van der Waals surface area contributed by atoms with Gasteiger partial charge in [-0.15, -0.1) is 5.54 Å². The number of hydrogen-bond acceptors (Lipinski definition) is 4. The summed E-state index contributed by atoms with van der Waals surface area (Å²) in [5.74, 6) is 2.87. The van der Waals surface area contributed by atoms with E-state index in [0.717, 1.165) is 5.56 Å². The van der Waals surface area contributed by atoms with Crippen molar-refractivity contribution in [1.29, 1.82) is 0 Å². The smallest absolute Gasteiger partial charge is 0.377 e. The van der Waals surface area contributed by atoms with Gasteiger partial charge in [0.2, 0.25) is 5.76 Å². The van der Waals surface area contributed by atoms with E-state index < -0.39 is 14.0 Å². The van der Waals surface area contributed by atoms with E-state index in [1.54, 1.807) is 12.1 Å². The first-order chi connectivity index (χ1) is 13.8. The van der Waals surface area contributed by atoms with Gasteiger partial charge in [0.1, 0.15) is 20.1 Å². The van der Waals surface area contributed by atoms with Gasteiger partial charge >= 0.3 is 5.97 Å². The lowest BCUT2D eigenvalue weighted by Gasteiger charge is -2.14. The van der Waals surface area contributed by atoms with E-state index in [2.05, 4.69) is 31.5 Å². The molecule has 0 aromatic heterocycles. The van der Waals surface area contributed by atoms with Crippen LogP contribution in [-0.2, 0) is 14.3 Å². The van der Waals surface area contributed by atoms with Gasteiger partial charge in [-0.2, -0.15) is 0 Å². The van der Waals surface area contributed by atoms with Crippen molar-refractivity contribution in [3.8, 4) is 17.2 Å². The summed E-state index contributed by atoms with van der Waals surface area (Å²) in [6, 6.07) is 6.50. The lowest BCUT2D eigenvalue weighted by molar-refractivity contribution is -0.138. The minimum absolute atomic E-state index is 0.0835. The van der Waals surface area contributed by atoms with Gasteiger partial charge in [0.25, 0.3) is 0 Å². The predicted molar refractivity (Wildman–Crippen MR) is 122 cm³/mol. The largest absolute Gasteiger partial charge is 0.500 e. The van der Waals surface area contributed by atoms with Gasteiger partial charge in [-0.05, 0) is 24.2 Å². The zero-order valence-corrected chi connectivity index (χ0v) is 20.0. The van der Waals surface area contributed by atoms with Crippen LogP contribution in [0.4, 0.5) is 0 Å². The Morgan fingerprint density at radius 3 is 2.48 bits per heavy atom. The van der Waals surface area contributed by atoms with Crippen molar-refractivity contribution in [3.63, 3.8) is 0 Å². The zero-order chi connectivity index (χ0) is 21.7. The quantitative estimate of drug-likeness (QED) is 0.101. The van der Waals surface area contributed by atoms with Gasteiger partial charge in [0, 0.05) is 5.56 Å². The highest BCUT2D eigenvalue weighted by atomic mass is 35.5. The monoisotopic (exact) mass is 436 g/mol. The van der Waals surface area contributed by atoms with Crippen molar-refractivity contribution in [2.24, 2.45) is 0 Å². The second-order valence-electron chi connectivity index (χ2n) is 7.61. The average Bonchev–Trinajstić information content (AvgIpc) is 2.70. The Morgan fingerprint density at radius 2 is 1.83 bits per heavy atom. The van der Waals surface area contributed by atoms with E-state index >= 15 is 0 Å². The molecule has 0 N–H and O–H groups in total. The molecular weight excluding hydrogens is 404 g/mol. The lowest BCUT2D eigenvalue weighted by Crippen LogP contribution is -2.22. The fourth-order valence-electron chi connectivity index (χ4n) is 2.75. The molecule has 1 rings (SSSR count). The SMILES string of the molecule is CCCCCCCC[Si](C)(C)C#Cc1ccc(Cl)c(O/C(=C\OC)C(=O)OC)c1. The number of carbonyl (C=O) groups excluding carboxylic acids is 1. The summed E-state index contributed by atoms with van der Waals surface area (Å²) in [6.07, 6.45) is 8.98. The van der Waals surface area contributed by atoms with Gasteiger partial charge < -0.3 is 14.2 Å². The third-order valence-corrected chi connectivity index (χ3v) is 7.18. The van der Waals surface area contributed by atoms with E-state index in [9.17, 15) is 4.79 Å². The fraction of sp³-hybridized carbons (Fsp3) is 0.522. The highest BCUT2D eigenvalue weighted by Crippen LogP contribution is 2.27. The standard InChI is InChI=1S/C23H33ClO4Si/c1-6-7-8-9-10-11-15-29(4,5)16-14-19-12-13-20(24)21(17-19)28-22(18-26-2)23(25)27-3/h12-13,17-18H,6-11,15H2,1-5H3/b22-18-. The molecular formula is C23H33ClO4Si. The average molecular weight is 437 g/mol. The van der Waals surface area contributed by atoms with Crippen LogP contribution < -0.4 is 4.74 Å². The lowest BCUT2D eigenvalue weighted by atomic mass is 10.1. The number of unbranched alkanes of at least 4 members (excludes halogenated alkanes) is 5. The molecule has 0 aliphatic heterocycles. The first-order valence-corrected chi connectivity index (χ1v) is 13.7. The van der Waals surface area contributed by atoms with E-state index in [1.165, 1.54) is 65.1 Å². The molecule has 1 aromatic rings. The molecule has 0 unspecified atom stereocenters. The van der Waals surface area contributed by atoms with Crippen molar-refractivity contribution < 1.29 is 19.0 Å². The summed E-state index contributed by atoms with van der Waals surface area (Å²) in [5.41, 5.74) is 4.30. The van der Waals surface area contributed by atoms with Gasteiger partial charge in [-0.1, -0.05) is 76.1 Å². The summed E-state index contributed by atoms with van der Waals surface area (Å²) in [5, 5.41) is 0.380. The normalized spacial score (nSPS) is 11.4. The first-order valence-electron chi connectivity index (χ1n) is 10.1. The van der Waals surface area contributed by atoms with Gasteiger partial charge in [-0.3, -0.25) is 0 Å². The minimum atomic E-state index is -1.59. The zero-order valence-electron chi connectivity index (χ0n) is 18.3. The summed E-state index contributed by atoms with van der Waals surface area (Å²) in [7, 11) is 1.10. The molecule has 0 bridgehead atoms. The van der Waals surface area contributed by atoms with E-state index in [1.807, 2.05) is 6.07 Å². The van der Waals surface area contributed by atoms with Crippen molar-refractivity contribution in [2.45, 2.75) is 64.6 Å². The molecule has 0 fully saturated rings. The number of ether oxygens (including phenoxy) is 3. The van der Waals surface area contributed by atoms with Crippen LogP contribution in [0.5, 0.6) is 5.75 Å². The molecule has 0 saturated carbocycles. The second kappa shape index (κ2) is 13.3. The number of esters is 1. The molecule has 0 amide bonds. The van der Waals surface area contributed by atoms with Crippen LogP contribution >= 0.6 is 11.6 Å². The molecule has 0 aliphatic carbocycles. The number of rotatable bonds is 11. The van der Waals surface area contributed by atoms with Crippen LogP contribution in [0.3, 0.4) is 0 Å². The maximum atomic E-state index is 11.8. The predicted octanol–water partition coefficient (Wildman–Crippen LogP) is 6.34. The number of benzene rings is 1. The summed E-state index contributed by atoms with van der Waals surface area (Å²) in [6.45, 7) is 6.84. The molecule has 0 aliphatic rings. The van der Waals surface area contributed by atoms with Crippen LogP contribution in [0.2, 0.25) is 24.2 Å². The minimum Gasteiger partial charge on any atom is -0.500 e. The van der Waals surface area contributed by atoms with E-state index in [-0.39, 0.29) is 5.76 Å². The maximum absolute atomic E-state index is 11.8. The van der Waals surface area contributed by atoms with Crippen molar-refractivity contribution in [1.82, 2.24) is 0 Å². The first kappa shape index (κ1) is 25.1. The Hall–Kier alpha value is -1.90. The molecule has 0 heterocycles.